The van der Waals surface area contributed by atoms with Crippen LogP contribution in [-0.2, 0) is 0 Å². The highest BCUT2D eigenvalue weighted by atomic mass is 16.5. The number of fused-ring (bicyclic) bond motifs is 2. The van der Waals surface area contributed by atoms with E-state index in [0.29, 0.717) is 0 Å². The van der Waals surface area contributed by atoms with Crippen LogP contribution < -0.4 is 9.64 Å². The molecule has 0 fully saturated rings. The molecule has 18 heavy (non-hydrogen) atoms. The monoisotopic (exact) mass is 238 g/mol. The fourth-order valence-electron chi connectivity index (χ4n) is 2.10. The summed E-state index contributed by atoms with van der Waals surface area (Å²) in [5.74, 6) is 1.61. The van der Waals surface area contributed by atoms with Crippen molar-refractivity contribution in [3.63, 3.8) is 0 Å². The molecule has 0 aliphatic carbocycles. The molecule has 0 atom stereocenters. The average Bonchev–Trinajstić information content (AvgIpc) is 2.38. The molecule has 3 heteroatoms. The minimum absolute atomic E-state index is 0.769. The highest BCUT2D eigenvalue weighted by Crippen LogP contribution is 2.43. The van der Waals surface area contributed by atoms with Crippen molar-refractivity contribution in [2.24, 2.45) is 0 Å². The fourth-order valence-corrected chi connectivity index (χ4v) is 2.10. The molecule has 3 rings (SSSR count). The second-order valence-electron chi connectivity index (χ2n) is 4.53. The van der Waals surface area contributed by atoms with Crippen molar-refractivity contribution in [2.75, 3.05) is 19.0 Å². The molecule has 3 nitrogen and oxygen atoms in total. The summed E-state index contributed by atoms with van der Waals surface area (Å²) < 4.78 is 5.89. The number of hydrogen-bond donors (Lipinski definition) is 0. The van der Waals surface area contributed by atoms with E-state index in [4.69, 9.17) is 4.74 Å². The molecule has 1 aromatic carbocycles. The molecule has 2 aromatic rings. The van der Waals surface area contributed by atoms with Gasteiger partial charge >= 0.3 is 0 Å². The number of ether oxygens (including phenoxy) is 1. The minimum Gasteiger partial charge on any atom is -0.454 e. The fraction of sp³-hybridized carbons (Fsp3) is 0.133. The van der Waals surface area contributed by atoms with Crippen LogP contribution in [0.25, 0.3) is 5.57 Å². The summed E-state index contributed by atoms with van der Waals surface area (Å²) in [6.07, 6.45) is 3.48. The third-order valence-electron chi connectivity index (χ3n) is 3.14. The van der Waals surface area contributed by atoms with Crippen molar-refractivity contribution in [3.8, 4) is 11.5 Å². The number of pyridine rings is 1. The second kappa shape index (κ2) is 3.88. The number of anilines is 1. The highest BCUT2D eigenvalue weighted by Gasteiger charge is 2.20. The van der Waals surface area contributed by atoms with Gasteiger partial charge in [-0.25, -0.2) is 0 Å². The van der Waals surface area contributed by atoms with Crippen molar-refractivity contribution in [1.29, 1.82) is 0 Å². The largest absolute Gasteiger partial charge is 0.454 e. The van der Waals surface area contributed by atoms with Crippen molar-refractivity contribution in [3.05, 3.63) is 54.4 Å². The third-order valence-corrected chi connectivity index (χ3v) is 3.14. The first-order valence-corrected chi connectivity index (χ1v) is 5.79. The van der Waals surface area contributed by atoms with Gasteiger partial charge in [-0.15, -0.1) is 0 Å². The van der Waals surface area contributed by atoms with Gasteiger partial charge in [-0.05, 0) is 23.8 Å². The molecule has 1 aromatic heterocycles. The number of rotatable bonds is 1. The predicted molar refractivity (Wildman–Crippen MR) is 73.2 cm³/mol. The Kier molecular flexibility index (Phi) is 2.33. The van der Waals surface area contributed by atoms with Crippen LogP contribution in [0.1, 0.15) is 11.1 Å². The van der Waals surface area contributed by atoms with E-state index in [-0.39, 0.29) is 0 Å². The summed E-state index contributed by atoms with van der Waals surface area (Å²) in [6, 6.07) is 8.08. The maximum Gasteiger partial charge on any atom is 0.153 e. The lowest BCUT2D eigenvalue weighted by atomic mass is 9.96. The first-order valence-electron chi connectivity index (χ1n) is 5.79. The second-order valence-corrected chi connectivity index (χ2v) is 4.53. The molecule has 0 amide bonds. The van der Waals surface area contributed by atoms with Gasteiger partial charge in [-0.1, -0.05) is 6.58 Å². The molecule has 0 saturated heterocycles. The van der Waals surface area contributed by atoms with Crippen LogP contribution in [0.4, 0.5) is 5.69 Å². The molecule has 1 aliphatic rings. The maximum absolute atomic E-state index is 5.89. The van der Waals surface area contributed by atoms with Crippen LogP contribution >= 0.6 is 0 Å². The summed E-state index contributed by atoms with van der Waals surface area (Å²) in [6.45, 7) is 4.15. The Bertz CT molecular complexity index is 632. The highest BCUT2D eigenvalue weighted by molar-refractivity contribution is 5.87. The summed E-state index contributed by atoms with van der Waals surface area (Å²) >= 11 is 0. The lowest BCUT2D eigenvalue weighted by Gasteiger charge is -2.23. The lowest BCUT2D eigenvalue weighted by molar-refractivity contribution is 0.472. The normalized spacial score (nSPS) is 12.4. The van der Waals surface area contributed by atoms with Crippen molar-refractivity contribution < 1.29 is 4.74 Å². The van der Waals surface area contributed by atoms with Crippen LogP contribution in [-0.4, -0.2) is 19.1 Å². The van der Waals surface area contributed by atoms with E-state index in [1.165, 1.54) is 0 Å². The van der Waals surface area contributed by atoms with Gasteiger partial charge in [0.1, 0.15) is 5.75 Å². The Hall–Kier alpha value is -2.29. The number of nitrogens with zero attached hydrogens (tertiary/aromatic N) is 2. The Labute approximate surface area is 106 Å². The summed E-state index contributed by atoms with van der Waals surface area (Å²) in [5, 5.41) is 0. The maximum atomic E-state index is 5.89. The van der Waals surface area contributed by atoms with E-state index in [1.54, 1.807) is 12.4 Å². The molecule has 0 bridgehead atoms. The Morgan fingerprint density at radius 2 is 1.89 bits per heavy atom. The van der Waals surface area contributed by atoms with Crippen LogP contribution in [0.3, 0.4) is 0 Å². The Morgan fingerprint density at radius 1 is 1.11 bits per heavy atom. The van der Waals surface area contributed by atoms with Gasteiger partial charge in [0.15, 0.2) is 5.75 Å². The zero-order chi connectivity index (χ0) is 12.7. The number of hydrogen-bond acceptors (Lipinski definition) is 3. The minimum atomic E-state index is 0.769. The summed E-state index contributed by atoms with van der Waals surface area (Å²) in [4.78, 5) is 6.13. The van der Waals surface area contributed by atoms with Crippen LogP contribution in [0.2, 0.25) is 0 Å². The first kappa shape index (κ1) is 10.8. The van der Waals surface area contributed by atoms with Crippen molar-refractivity contribution in [1.82, 2.24) is 4.98 Å². The standard InChI is InChI=1S/C15H14N2O/c1-10-12-5-4-11(17(2)3)8-14(12)18-15-9-16-7-6-13(10)15/h4-9H,1H2,2-3H3. The lowest BCUT2D eigenvalue weighted by Crippen LogP contribution is -2.10. The third kappa shape index (κ3) is 1.56. The van der Waals surface area contributed by atoms with Gasteiger partial charge in [0.2, 0.25) is 0 Å². The van der Waals surface area contributed by atoms with Gasteiger partial charge in [0.05, 0.1) is 6.20 Å². The van der Waals surface area contributed by atoms with E-state index in [0.717, 1.165) is 33.9 Å². The zero-order valence-electron chi connectivity index (χ0n) is 10.5. The molecular weight excluding hydrogens is 224 g/mol. The molecule has 2 heterocycles. The van der Waals surface area contributed by atoms with E-state index >= 15 is 0 Å². The van der Waals surface area contributed by atoms with Crippen molar-refractivity contribution in [2.45, 2.75) is 0 Å². The molecule has 0 spiro atoms. The van der Waals surface area contributed by atoms with Crippen LogP contribution in [0, 0.1) is 0 Å². The van der Waals surface area contributed by atoms with E-state index in [9.17, 15) is 0 Å². The quantitative estimate of drug-likeness (QED) is 0.650. The molecule has 90 valence electrons. The van der Waals surface area contributed by atoms with E-state index in [1.807, 2.05) is 31.1 Å². The van der Waals surface area contributed by atoms with E-state index < -0.39 is 0 Å². The van der Waals surface area contributed by atoms with E-state index in [2.05, 4.69) is 23.7 Å². The zero-order valence-corrected chi connectivity index (χ0v) is 10.5. The molecule has 0 saturated carbocycles. The Morgan fingerprint density at radius 3 is 2.67 bits per heavy atom. The van der Waals surface area contributed by atoms with Gasteiger partial charge in [0, 0.05) is 43.2 Å². The number of benzene rings is 1. The Balaban J connectivity index is 2.13. The van der Waals surface area contributed by atoms with Crippen molar-refractivity contribution >= 4 is 11.3 Å². The van der Waals surface area contributed by atoms with Crippen LogP contribution in [0.5, 0.6) is 11.5 Å². The molecular formula is C15H14N2O. The first-order chi connectivity index (χ1) is 8.66. The average molecular weight is 238 g/mol. The molecule has 1 aliphatic heterocycles. The van der Waals surface area contributed by atoms with Gasteiger partial charge in [-0.3, -0.25) is 4.98 Å². The molecule has 0 unspecified atom stereocenters. The SMILES string of the molecule is C=C1c2ccncc2Oc2cc(N(C)C)ccc21. The van der Waals surface area contributed by atoms with Gasteiger partial charge in [-0.2, -0.15) is 0 Å². The molecule has 0 N–H and O–H groups in total. The van der Waals surface area contributed by atoms with Gasteiger partial charge in [0.25, 0.3) is 0 Å². The topological polar surface area (TPSA) is 25.4 Å². The summed E-state index contributed by atoms with van der Waals surface area (Å²) in [5.41, 5.74) is 4.14. The van der Waals surface area contributed by atoms with Gasteiger partial charge < -0.3 is 9.64 Å². The number of aromatic nitrogens is 1. The summed E-state index contributed by atoms with van der Waals surface area (Å²) in [7, 11) is 4.02. The smallest absolute Gasteiger partial charge is 0.153 e. The predicted octanol–water partition coefficient (Wildman–Crippen LogP) is 3.31. The van der Waals surface area contributed by atoms with Crippen LogP contribution in [0.15, 0.2) is 43.2 Å². The molecule has 0 radical (unpaired) electrons.